The number of pyridine rings is 2. The van der Waals surface area contributed by atoms with Crippen molar-refractivity contribution in [3.8, 4) is 0 Å². The Labute approximate surface area is 340 Å². The third kappa shape index (κ3) is 17.3. The highest BCUT2D eigenvalue weighted by Crippen LogP contribution is 2.30. The lowest BCUT2D eigenvalue weighted by atomic mass is 9.93. The van der Waals surface area contributed by atoms with Crippen LogP contribution in [-0.4, -0.2) is 60.9 Å². The van der Waals surface area contributed by atoms with Gasteiger partial charge in [-0.1, -0.05) is 84.6 Å². The molecular weight excluding hydrogens is 749 g/mol. The van der Waals surface area contributed by atoms with Gasteiger partial charge in [0.1, 0.15) is 17.2 Å². The summed E-state index contributed by atoms with van der Waals surface area (Å²) in [6.45, 7) is 8.90. The number of carboxylic acid groups (broad SMARTS) is 1. The smallest absolute Gasteiger partial charge is 0.413 e. The summed E-state index contributed by atoms with van der Waals surface area (Å²) in [5, 5.41) is 11.6. The zero-order chi connectivity index (χ0) is 41.1. The van der Waals surface area contributed by atoms with E-state index in [1.54, 1.807) is 58.3 Å². The largest absolute Gasteiger partial charge is 0.481 e. The van der Waals surface area contributed by atoms with Crippen molar-refractivity contribution < 1.29 is 33.8 Å². The molecule has 4 N–H and O–H groups in total. The van der Waals surface area contributed by atoms with Gasteiger partial charge >= 0.3 is 18.0 Å². The van der Waals surface area contributed by atoms with E-state index in [1.807, 2.05) is 66.7 Å². The second-order valence-electron chi connectivity index (χ2n) is 14.2. The van der Waals surface area contributed by atoms with Crippen LogP contribution in [-0.2, 0) is 49.5 Å². The number of ether oxygens (including phenoxy) is 2. The van der Waals surface area contributed by atoms with Gasteiger partial charge in [0, 0.05) is 29.8 Å². The van der Waals surface area contributed by atoms with Crippen LogP contribution in [0.5, 0.6) is 0 Å². The molecule has 0 radical (unpaired) electrons. The summed E-state index contributed by atoms with van der Waals surface area (Å²) >= 11 is 5.70. The monoisotopic (exact) mass is 802 g/mol. The Morgan fingerprint density at radius 2 is 1.36 bits per heavy atom. The number of nitrogens with one attached hydrogen (secondary N) is 1. The number of hydrogen-bond acceptors (Lipinski definition) is 11. The molecule has 1 amide bonds. The lowest BCUT2D eigenvalue weighted by Crippen LogP contribution is -2.31. The summed E-state index contributed by atoms with van der Waals surface area (Å²) in [5.41, 5.74) is 8.95. The highest BCUT2D eigenvalue weighted by molar-refractivity contribution is 8.14. The van der Waals surface area contributed by atoms with E-state index in [2.05, 4.69) is 27.9 Å². The van der Waals surface area contributed by atoms with Crippen LogP contribution in [0.4, 0.5) is 16.4 Å². The molecule has 0 aliphatic rings. The lowest BCUT2D eigenvalue weighted by molar-refractivity contribution is -0.148. The minimum Gasteiger partial charge on any atom is -0.481 e. The van der Waals surface area contributed by atoms with Gasteiger partial charge in [0.15, 0.2) is 5.12 Å². The van der Waals surface area contributed by atoms with Crippen LogP contribution in [0.2, 0.25) is 0 Å². The third-order valence-electron chi connectivity index (χ3n) is 8.48. The molecule has 0 bridgehead atoms. The first kappa shape index (κ1) is 45.5. The molecular formula is C43H54N4O7S2. The van der Waals surface area contributed by atoms with E-state index in [0.717, 1.165) is 29.5 Å². The van der Waals surface area contributed by atoms with Crippen molar-refractivity contribution in [2.24, 2.45) is 11.8 Å². The van der Waals surface area contributed by atoms with Crippen molar-refractivity contribution >= 4 is 59.2 Å². The highest BCUT2D eigenvalue weighted by Gasteiger charge is 2.32. The Bertz CT molecular complexity index is 1810. The predicted octanol–water partition coefficient (Wildman–Crippen LogP) is 8.27. The van der Waals surface area contributed by atoms with Crippen LogP contribution < -0.4 is 11.1 Å². The van der Waals surface area contributed by atoms with Crippen LogP contribution in [0.25, 0.3) is 0 Å². The fraction of sp³-hybridized carbons (Fsp3) is 0.395. The number of aromatic nitrogens is 2. The molecule has 4 rings (SSSR count). The molecule has 13 heteroatoms. The Kier molecular flexibility index (Phi) is 18.9. The maximum atomic E-state index is 12.9. The van der Waals surface area contributed by atoms with Crippen molar-refractivity contribution in [3.05, 3.63) is 120 Å². The molecule has 2 heterocycles. The van der Waals surface area contributed by atoms with E-state index in [0.29, 0.717) is 37.3 Å². The maximum Gasteiger partial charge on any atom is 0.413 e. The van der Waals surface area contributed by atoms with Gasteiger partial charge in [-0.05, 0) is 101 Å². The first-order valence-corrected chi connectivity index (χ1v) is 20.0. The summed E-state index contributed by atoms with van der Waals surface area (Å²) in [7, 11) is 0. The van der Waals surface area contributed by atoms with Crippen molar-refractivity contribution in [2.75, 3.05) is 17.7 Å². The molecule has 0 saturated heterocycles. The number of rotatable bonds is 17. The fourth-order valence-corrected chi connectivity index (χ4v) is 7.16. The van der Waals surface area contributed by atoms with Gasteiger partial charge in [-0.3, -0.25) is 19.7 Å². The zero-order valence-corrected chi connectivity index (χ0v) is 34.4. The number of carboxylic acids is 1. The molecule has 4 atom stereocenters. The number of thiol groups is 1. The summed E-state index contributed by atoms with van der Waals surface area (Å²) < 4.78 is 10.6. The molecule has 0 spiro atoms. The number of anilines is 2. The quantitative estimate of drug-likeness (QED) is 0.0599. The van der Waals surface area contributed by atoms with Gasteiger partial charge in [-0.15, -0.1) is 0 Å². The SMILES string of the molecule is CCOC(=O)C(Cc1ccc(NC(=O)OC(C)(C)C)nc1)C(CCc1ccccc1)SC(C)=O.Nc1ccc(CC(C(=O)O)C(S)CCc2ccccc2)cn1. The number of carbonyl (C=O) groups is 4. The topological polar surface area (TPSA) is 171 Å². The van der Waals surface area contributed by atoms with Gasteiger partial charge in [-0.25, -0.2) is 14.8 Å². The van der Waals surface area contributed by atoms with Gasteiger partial charge in [0.25, 0.3) is 0 Å². The maximum absolute atomic E-state index is 12.9. The van der Waals surface area contributed by atoms with Gasteiger partial charge in [0.2, 0.25) is 0 Å². The molecule has 2 aromatic heterocycles. The van der Waals surface area contributed by atoms with Gasteiger partial charge in [0.05, 0.1) is 18.4 Å². The van der Waals surface area contributed by atoms with E-state index in [-0.39, 0.29) is 28.2 Å². The van der Waals surface area contributed by atoms with Crippen molar-refractivity contribution in [1.82, 2.24) is 9.97 Å². The third-order valence-corrected chi connectivity index (χ3v) is 10.3. The first-order valence-electron chi connectivity index (χ1n) is 18.6. The molecule has 300 valence electrons. The second-order valence-corrected chi connectivity index (χ2v) is 16.3. The zero-order valence-electron chi connectivity index (χ0n) is 32.7. The standard InChI is InChI=1S/C26H34N2O5S.C17H20N2O2S/c1-6-32-24(30)21(22(34-18(2)29)14-12-19-10-8-7-9-11-19)16-20-13-15-23(27-17-20)28-25(31)33-26(3,4)5;18-16-9-7-13(11-19-16)10-14(17(20)21)15(22)8-6-12-4-2-1-3-5-12/h7-11,13,15,17,21-22H,6,12,14,16H2,1-5H3,(H,27,28,31);1-5,7,9,11,14-15,22H,6,8,10H2,(H2,18,19)(H,20,21). The number of esters is 1. The van der Waals surface area contributed by atoms with Crippen molar-refractivity contribution in [1.29, 1.82) is 0 Å². The number of thioether (sulfide) groups is 1. The Balaban J connectivity index is 0.000000329. The Hall–Kier alpha value is -4.88. The van der Waals surface area contributed by atoms with Crippen molar-refractivity contribution in [3.63, 3.8) is 0 Å². The van der Waals surface area contributed by atoms with Crippen LogP contribution >= 0.6 is 24.4 Å². The molecule has 56 heavy (non-hydrogen) atoms. The van der Waals surface area contributed by atoms with Crippen LogP contribution in [0.15, 0.2) is 97.3 Å². The predicted molar refractivity (Wildman–Crippen MR) is 226 cm³/mol. The normalized spacial score (nSPS) is 13.2. The summed E-state index contributed by atoms with van der Waals surface area (Å²) in [6.07, 6.45) is 6.38. The molecule has 11 nitrogen and oxygen atoms in total. The number of amides is 1. The number of nitrogen functional groups attached to an aromatic ring is 1. The number of nitrogens with zero attached hydrogens (tertiary/aromatic N) is 2. The van der Waals surface area contributed by atoms with E-state index < -0.39 is 29.5 Å². The van der Waals surface area contributed by atoms with Crippen LogP contribution in [0.3, 0.4) is 0 Å². The Morgan fingerprint density at radius 1 is 0.804 bits per heavy atom. The molecule has 2 aromatic carbocycles. The number of carbonyl (C=O) groups excluding carboxylic acids is 3. The van der Waals surface area contributed by atoms with E-state index in [4.69, 9.17) is 15.2 Å². The number of hydrogen-bond donors (Lipinski definition) is 4. The van der Waals surface area contributed by atoms with Crippen LogP contribution in [0, 0.1) is 11.8 Å². The minimum atomic E-state index is -0.829. The molecule has 4 unspecified atom stereocenters. The average Bonchev–Trinajstić information content (AvgIpc) is 3.15. The molecule has 4 aromatic rings. The molecule has 0 aliphatic heterocycles. The minimum absolute atomic E-state index is 0.0395. The summed E-state index contributed by atoms with van der Waals surface area (Å²) in [6, 6.07) is 27.0. The lowest BCUT2D eigenvalue weighted by Gasteiger charge is -2.24. The number of aryl methyl sites for hydroxylation is 2. The molecule has 0 aliphatic carbocycles. The van der Waals surface area contributed by atoms with E-state index in [9.17, 15) is 24.3 Å². The first-order chi connectivity index (χ1) is 26.6. The second kappa shape index (κ2) is 23.2. The molecule has 0 fully saturated rings. The Morgan fingerprint density at radius 3 is 1.84 bits per heavy atom. The fourth-order valence-electron chi connectivity index (χ4n) is 5.77. The van der Waals surface area contributed by atoms with Crippen molar-refractivity contribution in [2.45, 2.75) is 89.2 Å². The number of aliphatic carboxylic acids is 1. The number of benzene rings is 2. The summed E-state index contributed by atoms with van der Waals surface area (Å²) in [4.78, 5) is 56.7. The average molecular weight is 803 g/mol. The van der Waals surface area contributed by atoms with Gasteiger partial charge < -0.3 is 20.3 Å². The van der Waals surface area contributed by atoms with Gasteiger partial charge in [-0.2, -0.15) is 12.6 Å². The van der Waals surface area contributed by atoms with E-state index >= 15 is 0 Å². The van der Waals surface area contributed by atoms with E-state index in [1.165, 1.54) is 24.2 Å². The molecule has 0 saturated carbocycles. The highest BCUT2D eigenvalue weighted by atomic mass is 32.2. The summed E-state index contributed by atoms with van der Waals surface area (Å²) in [5.74, 6) is -1.43. The number of nitrogens with two attached hydrogens (primary N) is 1. The van der Waals surface area contributed by atoms with Crippen LogP contribution in [0.1, 0.15) is 69.7 Å².